The Labute approximate surface area is 155 Å². The first-order valence-electron chi connectivity index (χ1n) is 8.26. The lowest BCUT2D eigenvalue weighted by Gasteiger charge is -2.17. The number of hydrogen-bond donors (Lipinski definition) is 1. The summed E-state index contributed by atoms with van der Waals surface area (Å²) in [5.41, 5.74) is 1.70. The van der Waals surface area contributed by atoms with E-state index < -0.39 is 0 Å². The molecule has 3 heterocycles. The van der Waals surface area contributed by atoms with Crippen molar-refractivity contribution in [2.24, 2.45) is 5.92 Å². The molecular formula is C18H20N4O3S. The van der Waals surface area contributed by atoms with Crippen LogP contribution in [0.5, 0.6) is 0 Å². The van der Waals surface area contributed by atoms with Gasteiger partial charge in [-0.3, -0.25) is 9.78 Å². The average molecular weight is 372 g/mol. The molecule has 8 heteroatoms. The summed E-state index contributed by atoms with van der Waals surface area (Å²) in [6.07, 6.45) is 5.01. The molecule has 0 spiro atoms. The van der Waals surface area contributed by atoms with E-state index in [1.165, 1.54) is 11.8 Å². The third-order valence-corrected chi connectivity index (χ3v) is 5.16. The summed E-state index contributed by atoms with van der Waals surface area (Å²) >= 11 is 1.27. The molecule has 3 rings (SSSR count). The molecule has 0 aliphatic rings. The third-order valence-electron chi connectivity index (χ3n) is 3.78. The largest absolute Gasteiger partial charge is 0.469 e. The van der Waals surface area contributed by atoms with Gasteiger partial charge in [0.15, 0.2) is 0 Å². The lowest BCUT2D eigenvalue weighted by Crippen LogP contribution is -2.35. The fourth-order valence-corrected chi connectivity index (χ4v) is 3.26. The summed E-state index contributed by atoms with van der Waals surface area (Å²) in [7, 11) is 0. The van der Waals surface area contributed by atoms with Gasteiger partial charge in [0.05, 0.1) is 17.1 Å². The van der Waals surface area contributed by atoms with Gasteiger partial charge in [0.1, 0.15) is 5.76 Å². The number of carbonyl (C=O) groups excluding carboxylic acids is 1. The molecule has 136 valence electrons. The van der Waals surface area contributed by atoms with Crippen LogP contribution in [-0.2, 0) is 11.3 Å². The minimum absolute atomic E-state index is 0.0758. The molecule has 1 atom stereocenters. The highest BCUT2D eigenvalue weighted by atomic mass is 32.2. The van der Waals surface area contributed by atoms with Crippen molar-refractivity contribution < 1.29 is 13.6 Å². The minimum Gasteiger partial charge on any atom is -0.469 e. The molecule has 0 aromatic carbocycles. The number of hydrogen-bond acceptors (Lipinski definition) is 7. The number of thioether (sulfide) groups is 1. The lowest BCUT2D eigenvalue weighted by atomic mass is 10.1. The zero-order valence-corrected chi connectivity index (χ0v) is 15.6. The Bertz CT molecular complexity index is 860. The van der Waals surface area contributed by atoms with Crippen LogP contribution in [0.2, 0.25) is 0 Å². The van der Waals surface area contributed by atoms with Crippen LogP contribution in [-0.4, -0.2) is 26.3 Å². The van der Waals surface area contributed by atoms with Gasteiger partial charge in [-0.2, -0.15) is 0 Å². The molecule has 3 aromatic heterocycles. The van der Waals surface area contributed by atoms with E-state index in [2.05, 4.69) is 20.5 Å². The Kier molecular flexibility index (Phi) is 5.72. The summed E-state index contributed by atoms with van der Waals surface area (Å²) in [6, 6.07) is 5.54. The second kappa shape index (κ2) is 8.18. The summed E-state index contributed by atoms with van der Waals surface area (Å²) in [5.74, 6) is 1.12. The van der Waals surface area contributed by atoms with E-state index in [0.29, 0.717) is 23.4 Å². The molecule has 0 aliphatic carbocycles. The minimum atomic E-state index is -0.342. The van der Waals surface area contributed by atoms with Crippen molar-refractivity contribution >= 4 is 17.7 Å². The van der Waals surface area contributed by atoms with Crippen molar-refractivity contribution in [3.8, 4) is 11.5 Å². The fourth-order valence-electron chi connectivity index (χ4n) is 2.37. The third kappa shape index (κ3) is 4.32. The van der Waals surface area contributed by atoms with Crippen molar-refractivity contribution in [2.45, 2.75) is 37.8 Å². The predicted octanol–water partition coefficient (Wildman–Crippen LogP) is 3.47. The molecule has 0 bridgehead atoms. The van der Waals surface area contributed by atoms with Crippen LogP contribution < -0.4 is 5.32 Å². The van der Waals surface area contributed by atoms with Crippen LogP contribution >= 0.6 is 11.8 Å². The number of nitrogens with zero attached hydrogens (tertiary/aromatic N) is 3. The predicted molar refractivity (Wildman–Crippen MR) is 97.3 cm³/mol. The average Bonchev–Trinajstić information content (AvgIpc) is 3.26. The highest BCUT2D eigenvalue weighted by Crippen LogP contribution is 2.31. The topological polar surface area (TPSA) is 94.0 Å². The second-order valence-corrected chi connectivity index (χ2v) is 7.22. The zero-order valence-electron chi connectivity index (χ0n) is 14.8. The van der Waals surface area contributed by atoms with Gasteiger partial charge in [-0.05, 0) is 30.5 Å². The van der Waals surface area contributed by atoms with Crippen LogP contribution in [0, 0.1) is 12.8 Å². The van der Waals surface area contributed by atoms with E-state index in [9.17, 15) is 4.79 Å². The molecular weight excluding hydrogens is 352 g/mol. The van der Waals surface area contributed by atoms with Crippen LogP contribution in [0.4, 0.5) is 0 Å². The summed E-state index contributed by atoms with van der Waals surface area (Å²) in [4.78, 5) is 16.6. The summed E-state index contributed by atoms with van der Waals surface area (Å²) in [5, 5.41) is 11.1. The molecule has 26 heavy (non-hydrogen) atoms. The van der Waals surface area contributed by atoms with Crippen molar-refractivity contribution in [2.75, 3.05) is 0 Å². The van der Waals surface area contributed by atoms with E-state index in [-0.39, 0.29) is 17.1 Å². The first kappa shape index (κ1) is 18.2. The molecule has 7 nitrogen and oxygen atoms in total. The van der Waals surface area contributed by atoms with Crippen molar-refractivity contribution in [3.63, 3.8) is 0 Å². The Hall–Kier alpha value is -2.61. The van der Waals surface area contributed by atoms with E-state index in [1.807, 2.05) is 32.9 Å². The molecule has 0 saturated heterocycles. The molecule has 0 aliphatic heterocycles. The number of pyridine rings is 1. The van der Waals surface area contributed by atoms with Gasteiger partial charge in [0.25, 0.3) is 11.1 Å². The highest BCUT2D eigenvalue weighted by Gasteiger charge is 2.26. The number of rotatable bonds is 7. The van der Waals surface area contributed by atoms with E-state index in [0.717, 1.165) is 11.1 Å². The van der Waals surface area contributed by atoms with Gasteiger partial charge < -0.3 is 14.2 Å². The molecule has 3 aromatic rings. The highest BCUT2D eigenvalue weighted by molar-refractivity contribution is 8.00. The second-order valence-electron chi connectivity index (χ2n) is 6.13. The first-order chi connectivity index (χ1) is 12.5. The molecule has 1 N–H and O–H groups in total. The normalized spacial score (nSPS) is 12.3. The Morgan fingerprint density at radius 1 is 1.31 bits per heavy atom. The van der Waals surface area contributed by atoms with Crippen LogP contribution in [0.15, 0.2) is 50.9 Å². The molecule has 1 amide bonds. The summed E-state index contributed by atoms with van der Waals surface area (Å²) in [6.45, 7) is 6.23. The fraction of sp³-hybridized carbons (Fsp3) is 0.333. The van der Waals surface area contributed by atoms with Gasteiger partial charge in [-0.15, -0.1) is 10.2 Å². The van der Waals surface area contributed by atoms with E-state index in [4.69, 9.17) is 8.83 Å². The number of amides is 1. The molecule has 1 unspecified atom stereocenters. The van der Waals surface area contributed by atoms with Crippen LogP contribution in [0.1, 0.15) is 25.2 Å². The monoisotopic (exact) mass is 372 g/mol. The van der Waals surface area contributed by atoms with Gasteiger partial charge in [-0.25, -0.2) is 0 Å². The van der Waals surface area contributed by atoms with Gasteiger partial charge in [-0.1, -0.05) is 31.7 Å². The van der Waals surface area contributed by atoms with Crippen LogP contribution in [0.25, 0.3) is 11.5 Å². The quantitative estimate of drug-likeness (QED) is 0.635. The molecule has 0 saturated carbocycles. The number of nitrogens with one attached hydrogen (secondary N) is 1. The maximum absolute atomic E-state index is 12.6. The Balaban J connectivity index is 1.66. The van der Waals surface area contributed by atoms with E-state index in [1.54, 1.807) is 24.7 Å². The smallest absolute Gasteiger partial charge is 0.277 e. The number of carbonyl (C=O) groups is 1. The van der Waals surface area contributed by atoms with Crippen molar-refractivity contribution in [1.82, 2.24) is 20.5 Å². The maximum Gasteiger partial charge on any atom is 0.277 e. The number of aromatic nitrogens is 3. The van der Waals surface area contributed by atoms with Crippen molar-refractivity contribution in [3.05, 3.63) is 48.2 Å². The zero-order chi connectivity index (χ0) is 18.5. The summed E-state index contributed by atoms with van der Waals surface area (Å²) < 4.78 is 10.9. The van der Waals surface area contributed by atoms with Crippen molar-refractivity contribution in [1.29, 1.82) is 0 Å². The maximum atomic E-state index is 12.6. The Morgan fingerprint density at radius 2 is 2.15 bits per heavy atom. The van der Waals surface area contributed by atoms with Gasteiger partial charge in [0, 0.05) is 18.9 Å². The van der Waals surface area contributed by atoms with E-state index >= 15 is 0 Å². The standard InChI is InChI=1S/C18H20N4O3S/c1-11(2)15(16(23)20-10-13-5-4-7-19-9-13)26-18-22-21-17(25-18)14-6-8-24-12(14)3/h4-9,11,15H,10H2,1-3H3,(H,20,23). The van der Waals surface area contributed by atoms with Gasteiger partial charge in [0.2, 0.25) is 5.91 Å². The number of aryl methyl sites for hydroxylation is 1. The lowest BCUT2D eigenvalue weighted by molar-refractivity contribution is -0.121. The molecule has 0 fully saturated rings. The number of furan rings is 1. The van der Waals surface area contributed by atoms with Crippen LogP contribution in [0.3, 0.4) is 0 Å². The Morgan fingerprint density at radius 3 is 2.81 bits per heavy atom. The first-order valence-corrected chi connectivity index (χ1v) is 9.14. The molecule has 0 radical (unpaired) electrons. The van der Waals surface area contributed by atoms with Gasteiger partial charge >= 0.3 is 0 Å². The SMILES string of the molecule is Cc1occc1-c1nnc(SC(C(=O)NCc2cccnc2)C(C)C)o1.